The average molecular weight is 219 g/mol. The Bertz CT molecular complexity index is 312. The molecule has 1 heterocycles. The largest absolute Gasteiger partial charge is 0.322 e. The minimum absolute atomic E-state index is 0.0948. The van der Waals surface area contributed by atoms with Crippen LogP contribution in [0.15, 0.2) is 18.6 Å². The zero-order valence-corrected chi connectivity index (χ0v) is 9.97. The molecule has 0 bridgehead atoms. The number of hydrogen-bond donors (Lipinski definition) is 1. The number of nitrogens with zero attached hydrogens (tertiary/aromatic N) is 2. The summed E-state index contributed by atoms with van der Waals surface area (Å²) in [6, 6.07) is 2.04. The molecule has 1 aliphatic rings. The van der Waals surface area contributed by atoms with E-state index in [1.807, 2.05) is 6.07 Å². The first-order valence-electron chi connectivity index (χ1n) is 6.32. The molecular formula is C13H21N3. The maximum Gasteiger partial charge on any atom is 0.115 e. The molecule has 0 spiro atoms. The van der Waals surface area contributed by atoms with Gasteiger partial charge < -0.3 is 5.73 Å². The molecule has 1 aliphatic carbocycles. The van der Waals surface area contributed by atoms with Gasteiger partial charge in [-0.3, -0.25) is 0 Å². The highest BCUT2D eigenvalue weighted by Crippen LogP contribution is 2.36. The number of rotatable bonds is 3. The molecule has 3 unspecified atom stereocenters. The molecule has 3 atom stereocenters. The second-order valence-corrected chi connectivity index (χ2v) is 4.86. The lowest BCUT2D eigenvalue weighted by molar-refractivity contribution is 0.228. The van der Waals surface area contributed by atoms with Gasteiger partial charge in [0.1, 0.15) is 6.33 Å². The summed E-state index contributed by atoms with van der Waals surface area (Å²) in [5.74, 6) is 1.47. The summed E-state index contributed by atoms with van der Waals surface area (Å²) in [6.45, 7) is 2.28. The first-order valence-corrected chi connectivity index (χ1v) is 6.32. The molecule has 1 aromatic rings. The van der Waals surface area contributed by atoms with E-state index in [2.05, 4.69) is 16.9 Å². The topological polar surface area (TPSA) is 51.8 Å². The summed E-state index contributed by atoms with van der Waals surface area (Å²) in [6.07, 6.45) is 9.87. The van der Waals surface area contributed by atoms with Gasteiger partial charge in [-0.1, -0.05) is 26.2 Å². The van der Waals surface area contributed by atoms with Gasteiger partial charge in [0.25, 0.3) is 0 Å². The third-order valence-electron chi connectivity index (χ3n) is 3.85. The maximum atomic E-state index is 6.30. The lowest BCUT2D eigenvalue weighted by Crippen LogP contribution is -2.27. The number of aromatic nitrogens is 2. The second kappa shape index (κ2) is 5.39. The Morgan fingerprint density at radius 2 is 2.38 bits per heavy atom. The molecule has 1 saturated carbocycles. The van der Waals surface area contributed by atoms with Gasteiger partial charge in [0.15, 0.2) is 0 Å². The van der Waals surface area contributed by atoms with Crippen molar-refractivity contribution < 1.29 is 0 Å². The van der Waals surface area contributed by atoms with Crippen molar-refractivity contribution in [3.05, 3.63) is 24.3 Å². The summed E-state index contributed by atoms with van der Waals surface area (Å²) in [5.41, 5.74) is 7.29. The van der Waals surface area contributed by atoms with Crippen LogP contribution in [0.5, 0.6) is 0 Å². The van der Waals surface area contributed by atoms with Crippen molar-refractivity contribution >= 4 is 0 Å². The molecule has 1 fully saturated rings. The van der Waals surface area contributed by atoms with Crippen molar-refractivity contribution in [1.82, 2.24) is 9.97 Å². The fourth-order valence-electron chi connectivity index (χ4n) is 2.77. The van der Waals surface area contributed by atoms with Crippen LogP contribution in [0.25, 0.3) is 0 Å². The minimum atomic E-state index is 0.0948. The summed E-state index contributed by atoms with van der Waals surface area (Å²) in [5, 5.41) is 0. The van der Waals surface area contributed by atoms with Crippen molar-refractivity contribution in [2.75, 3.05) is 0 Å². The first kappa shape index (κ1) is 11.5. The van der Waals surface area contributed by atoms with Gasteiger partial charge in [0.2, 0.25) is 0 Å². The molecule has 2 N–H and O–H groups in total. The Hall–Kier alpha value is -0.960. The molecule has 0 aliphatic heterocycles. The van der Waals surface area contributed by atoms with E-state index in [1.165, 1.54) is 32.1 Å². The van der Waals surface area contributed by atoms with Gasteiger partial charge in [-0.25, -0.2) is 9.97 Å². The van der Waals surface area contributed by atoms with Crippen LogP contribution in [0.1, 0.15) is 50.8 Å². The molecule has 0 saturated heterocycles. The Morgan fingerprint density at radius 3 is 3.06 bits per heavy atom. The molecule has 3 heteroatoms. The van der Waals surface area contributed by atoms with Gasteiger partial charge >= 0.3 is 0 Å². The summed E-state index contributed by atoms with van der Waals surface area (Å²) in [7, 11) is 0. The van der Waals surface area contributed by atoms with Crippen LogP contribution < -0.4 is 5.73 Å². The monoisotopic (exact) mass is 219 g/mol. The average Bonchev–Trinajstić information content (AvgIpc) is 2.39. The minimum Gasteiger partial charge on any atom is -0.322 e. The first-order chi connectivity index (χ1) is 7.81. The van der Waals surface area contributed by atoms with Crippen LogP contribution in [-0.2, 0) is 0 Å². The Balaban J connectivity index is 2.01. The van der Waals surface area contributed by atoms with Crippen molar-refractivity contribution in [3.8, 4) is 0 Å². The van der Waals surface area contributed by atoms with Gasteiger partial charge in [-0.15, -0.1) is 0 Å². The lowest BCUT2D eigenvalue weighted by atomic mass is 9.76. The van der Waals surface area contributed by atoms with E-state index in [-0.39, 0.29) is 6.04 Å². The maximum absolute atomic E-state index is 6.30. The predicted molar refractivity (Wildman–Crippen MR) is 64.7 cm³/mol. The van der Waals surface area contributed by atoms with E-state index >= 15 is 0 Å². The Morgan fingerprint density at radius 1 is 1.50 bits per heavy atom. The van der Waals surface area contributed by atoms with Crippen molar-refractivity contribution in [2.45, 2.75) is 45.1 Å². The quantitative estimate of drug-likeness (QED) is 0.850. The number of hydrogen-bond acceptors (Lipinski definition) is 3. The molecule has 0 amide bonds. The highest BCUT2D eigenvalue weighted by molar-refractivity contribution is 5.06. The van der Waals surface area contributed by atoms with Crippen LogP contribution >= 0.6 is 0 Å². The van der Waals surface area contributed by atoms with Gasteiger partial charge in [-0.05, 0) is 30.7 Å². The third-order valence-corrected chi connectivity index (χ3v) is 3.85. The highest BCUT2D eigenvalue weighted by atomic mass is 14.9. The fraction of sp³-hybridized carbons (Fsp3) is 0.692. The Labute approximate surface area is 97.5 Å². The summed E-state index contributed by atoms with van der Waals surface area (Å²) >= 11 is 0. The molecule has 0 aromatic carbocycles. The van der Waals surface area contributed by atoms with E-state index in [9.17, 15) is 0 Å². The molecule has 0 radical (unpaired) electrons. The van der Waals surface area contributed by atoms with Crippen molar-refractivity contribution in [3.63, 3.8) is 0 Å². The van der Waals surface area contributed by atoms with E-state index in [4.69, 9.17) is 5.73 Å². The lowest BCUT2D eigenvalue weighted by Gasteiger charge is -2.32. The van der Waals surface area contributed by atoms with Crippen LogP contribution in [-0.4, -0.2) is 9.97 Å². The zero-order chi connectivity index (χ0) is 11.4. The van der Waals surface area contributed by atoms with Crippen LogP contribution in [0.3, 0.4) is 0 Å². The number of nitrogens with two attached hydrogens (primary N) is 1. The van der Waals surface area contributed by atoms with E-state index in [0.717, 1.165) is 11.6 Å². The van der Waals surface area contributed by atoms with Gasteiger partial charge in [0.05, 0.1) is 5.69 Å². The van der Waals surface area contributed by atoms with Crippen LogP contribution in [0.2, 0.25) is 0 Å². The fourth-order valence-corrected chi connectivity index (χ4v) is 2.77. The second-order valence-electron chi connectivity index (χ2n) is 4.86. The zero-order valence-electron chi connectivity index (χ0n) is 9.97. The van der Waals surface area contributed by atoms with Crippen molar-refractivity contribution in [2.24, 2.45) is 17.6 Å². The summed E-state index contributed by atoms with van der Waals surface area (Å²) in [4.78, 5) is 8.21. The van der Waals surface area contributed by atoms with E-state index in [0.29, 0.717) is 5.92 Å². The summed E-state index contributed by atoms with van der Waals surface area (Å²) < 4.78 is 0. The van der Waals surface area contributed by atoms with Crippen molar-refractivity contribution in [1.29, 1.82) is 0 Å². The smallest absolute Gasteiger partial charge is 0.115 e. The highest BCUT2D eigenvalue weighted by Gasteiger charge is 2.26. The van der Waals surface area contributed by atoms with E-state index in [1.54, 1.807) is 12.5 Å². The molecule has 88 valence electrons. The molecule has 2 rings (SSSR count). The van der Waals surface area contributed by atoms with Crippen LogP contribution in [0.4, 0.5) is 0 Å². The molecule has 1 aromatic heterocycles. The molecule has 3 nitrogen and oxygen atoms in total. The van der Waals surface area contributed by atoms with E-state index < -0.39 is 0 Å². The normalized spacial score (nSPS) is 27.6. The van der Waals surface area contributed by atoms with Gasteiger partial charge in [-0.2, -0.15) is 0 Å². The van der Waals surface area contributed by atoms with Gasteiger partial charge in [0, 0.05) is 12.2 Å². The SMILES string of the molecule is CCC1CCCC(C(N)c2ccncn2)C1. The third kappa shape index (κ3) is 2.59. The standard InChI is InChI=1S/C13H21N3/c1-2-10-4-3-5-11(8-10)13(14)12-6-7-15-9-16-12/h6-7,9-11,13H,2-5,8,14H2,1H3. The van der Waals surface area contributed by atoms with Crippen LogP contribution in [0, 0.1) is 11.8 Å². The predicted octanol–water partition coefficient (Wildman–Crippen LogP) is 2.69. The Kier molecular flexibility index (Phi) is 3.88. The molecular weight excluding hydrogens is 198 g/mol. The molecule has 16 heavy (non-hydrogen) atoms.